The predicted molar refractivity (Wildman–Crippen MR) is 81.0 cm³/mol. The van der Waals surface area contributed by atoms with Crippen molar-refractivity contribution in [3.8, 4) is 0 Å². The first kappa shape index (κ1) is 15.3. The quantitative estimate of drug-likeness (QED) is 0.387. The van der Waals surface area contributed by atoms with Crippen LogP contribution in [-0.4, -0.2) is 16.9 Å². The molecule has 0 radical (unpaired) electrons. The van der Waals surface area contributed by atoms with Gasteiger partial charge in [-0.25, -0.2) is 0 Å². The lowest BCUT2D eigenvalue weighted by Crippen LogP contribution is -2.39. The summed E-state index contributed by atoms with van der Waals surface area (Å²) in [5.74, 6) is -0.0238. The number of carbonyl (C=O) groups is 1. The highest BCUT2D eigenvalue weighted by molar-refractivity contribution is 6.00. The maximum Gasteiger partial charge on any atom is 0.304 e. The molecule has 0 saturated heterocycles. The van der Waals surface area contributed by atoms with E-state index in [0.717, 1.165) is 19.3 Å². The molecule has 1 amide bonds. The zero-order valence-corrected chi connectivity index (χ0v) is 12.2. The average molecular weight is 291 g/mol. The Morgan fingerprint density at radius 1 is 1.33 bits per heavy atom. The molecule has 114 valence electrons. The average Bonchev–Trinajstić information content (AvgIpc) is 2.63. The topological polar surface area (TPSA) is 98.3 Å². The lowest BCUT2D eigenvalue weighted by Gasteiger charge is -2.22. The fourth-order valence-corrected chi connectivity index (χ4v) is 2.90. The SMILES string of the molecule is CC1CCCCCC1NC(=O)c1cccc(N)c1[N+](=O)[O-]. The number of nitrogens with two attached hydrogens (primary N) is 1. The molecule has 0 bridgehead atoms. The molecule has 0 aliphatic heterocycles. The second-order valence-corrected chi connectivity index (χ2v) is 5.70. The first-order valence-corrected chi connectivity index (χ1v) is 7.34. The van der Waals surface area contributed by atoms with Gasteiger partial charge in [0.1, 0.15) is 11.3 Å². The predicted octanol–water partition coefficient (Wildman–Crippen LogP) is 2.88. The van der Waals surface area contributed by atoms with Gasteiger partial charge in [-0.2, -0.15) is 0 Å². The van der Waals surface area contributed by atoms with Gasteiger partial charge >= 0.3 is 5.69 Å². The van der Waals surface area contributed by atoms with Gasteiger partial charge < -0.3 is 11.1 Å². The second kappa shape index (κ2) is 6.56. The highest BCUT2D eigenvalue weighted by atomic mass is 16.6. The third kappa shape index (κ3) is 3.51. The van der Waals surface area contributed by atoms with Gasteiger partial charge in [-0.3, -0.25) is 14.9 Å². The van der Waals surface area contributed by atoms with Gasteiger partial charge in [-0.05, 0) is 30.9 Å². The van der Waals surface area contributed by atoms with E-state index in [1.165, 1.54) is 25.0 Å². The van der Waals surface area contributed by atoms with Crippen LogP contribution in [0.5, 0.6) is 0 Å². The molecule has 21 heavy (non-hydrogen) atoms. The molecule has 1 fully saturated rings. The molecule has 2 rings (SSSR count). The van der Waals surface area contributed by atoms with Crippen LogP contribution in [0.15, 0.2) is 18.2 Å². The number of nitro benzene ring substituents is 1. The minimum atomic E-state index is -0.596. The van der Waals surface area contributed by atoms with Gasteiger partial charge in [-0.15, -0.1) is 0 Å². The minimum Gasteiger partial charge on any atom is -0.393 e. The van der Waals surface area contributed by atoms with E-state index in [1.54, 1.807) is 6.07 Å². The zero-order chi connectivity index (χ0) is 15.4. The van der Waals surface area contributed by atoms with Crippen molar-refractivity contribution in [2.75, 3.05) is 5.73 Å². The molecule has 6 nitrogen and oxygen atoms in total. The van der Waals surface area contributed by atoms with Crippen molar-refractivity contribution < 1.29 is 9.72 Å². The summed E-state index contributed by atoms with van der Waals surface area (Å²) >= 11 is 0. The van der Waals surface area contributed by atoms with Crippen molar-refractivity contribution in [3.05, 3.63) is 33.9 Å². The Hall–Kier alpha value is -2.11. The van der Waals surface area contributed by atoms with Crippen LogP contribution in [0.3, 0.4) is 0 Å². The first-order chi connectivity index (χ1) is 10.0. The number of hydrogen-bond donors (Lipinski definition) is 2. The Balaban J connectivity index is 2.20. The van der Waals surface area contributed by atoms with Crippen molar-refractivity contribution in [1.82, 2.24) is 5.32 Å². The molecular formula is C15H21N3O3. The Labute approximate surface area is 123 Å². The lowest BCUT2D eigenvalue weighted by atomic mass is 9.96. The van der Waals surface area contributed by atoms with Crippen LogP contribution in [-0.2, 0) is 0 Å². The highest BCUT2D eigenvalue weighted by Gasteiger charge is 2.27. The fraction of sp³-hybridized carbons (Fsp3) is 0.533. The van der Waals surface area contributed by atoms with E-state index in [1.807, 2.05) is 0 Å². The molecule has 1 aromatic carbocycles. The Bertz CT molecular complexity index is 545. The summed E-state index contributed by atoms with van der Waals surface area (Å²) in [6.45, 7) is 2.12. The van der Waals surface area contributed by atoms with Crippen LogP contribution in [0.2, 0.25) is 0 Å². The molecule has 1 aliphatic carbocycles. The number of nitrogen functional groups attached to an aromatic ring is 1. The van der Waals surface area contributed by atoms with E-state index in [-0.39, 0.29) is 23.0 Å². The molecule has 1 aliphatic rings. The highest BCUT2D eigenvalue weighted by Crippen LogP contribution is 2.27. The van der Waals surface area contributed by atoms with Gasteiger partial charge in [0.2, 0.25) is 0 Å². The normalized spacial score (nSPS) is 22.3. The van der Waals surface area contributed by atoms with Gasteiger partial charge in [0.05, 0.1) is 4.92 Å². The van der Waals surface area contributed by atoms with Gasteiger partial charge in [0.25, 0.3) is 5.91 Å². The Kier molecular flexibility index (Phi) is 4.77. The molecule has 1 saturated carbocycles. The number of nitro groups is 1. The lowest BCUT2D eigenvalue weighted by molar-refractivity contribution is -0.384. The fourth-order valence-electron chi connectivity index (χ4n) is 2.90. The monoisotopic (exact) mass is 291 g/mol. The van der Waals surface area contributed by atoms with Crippen molar-refractivity contribution in [3.63, 3.8) is 0 Å². The van der Waals surface area contributed by atoms with Crippen LogP contribution in [0.25, 0.3) is 0 Å². The Morgan fingerprint density at radius 2 is 2.05 bits per heavy atom. The van der Waals surface area contributed by atoms with E-state index >= 15 is 0 Å². The number of nitrogens with zero attached hydrogens (tertiary/aromatic N) is 1. The summed E-state index contributed by atoms with van der Waals surface area (Å²) in [6.07, 6.45) is 5.42. The number of anilines is 1. The zero-order valence-electron chi connectivity index (χ0n) is 12.2. The number of carbonyl (C=O) groups excluding carboxylic acids is 1. The van der Waals surface area contributed by atoms with Crippen molar-refractivity contribution >= 4 is 17.3 Å². The third-order valence-corrected chi connectivity index (χ3v) is 4.17. The molecule has 0 heterocycles. The van der Waals surface area contributed by atoms with E-state index < -0.39 is 10.8 Å². The molecule has 0 aromatic heterocycles. The van der Waals surface area contributed by atoms with Crippen LogP contribution in [0, 0.1) is 16.0 Å². The number of hydrogen-bond acceptors (Lipinski definition) is 4. The number of benzene rings is 1. The second-order valence-electron chi connectivity index (χ2n) is 5.70. The summed E-state index contributed by atoms with van der Waals surface area (Å²) in [5, 5.41) is 14.1. The maximum atomic E-state index is 12.4. The molecular weight excluding hydrogens is 270 g/mol. The van der Waals surface area contributed by atoms with E-state index in [2.05, 4.69) is 12.2 Å². The van der Waals surface area contributed by atoms with E-state index in [9.17, 15) is 14.9 Å². The van der Waals surface area contributed by atoms with Crippen LogP contribution in [0.4, 0.5) is 11.4 Å². The number of nitrogens with one attached hydrogen (secondary N) is 1. The summed E-state index contributed by atoms with van der Waals surface area (Å²) in [4.78, 5) is 22.9. The van der Waals surface area contributed by atoms with E-state index in [4.69, 9.17) is 5.73 Å². The molecule has 3 N–H and O–H groups in total. The number of amides is 1. The summed E-state index contributed by atoms with van der Waals surface area (Å²) in [5.41, 5.74) is 5.37. The first-order valence-electron chi connectivity index (χ1n) is 7.34. The molecule has 6 heteroatoms. The van der Waals surface area contributed by atoms with Crippen molar-refractivity contribution in [2.45, 2.75) is 45.1 Å². The van der Waals surface area contributed by atoms with Crippen LogP contribution >= 0.6 is 0 Å². The van der Waals surface area contributed by atoms with Crippen molar-refractivity contribution in [2.24, 2.45) is 5.92 Å². The van der Waals surface area contributed by atoms with Crippen LogP contribution < -0.4 is 11.1 Å². The standard InChI is InChI=1S/C15H21N3O3/c1-10-6-3-2-4-9-13(10)17-15(19)11-7-5-8-12(16)14(11)18(20)21/h5,7-8,10,13H,2-4,6,9,16H2,1H3,(H,17,19). The molecule has 0 spiro atoms. The largest absolute Gasteiger partial charge is 0.393 e. The smallest absolute Gasteiger partial charge is 0.304 e. The van der Waals surface area contributed by atoms with Crippen molar-refractivity contribution in [1.29, 1.82) is 0 Å². The molecule has 2 atom stereocenters. The van der Waals surface area contributed by atoms with Gasteiger partial charge in [0, 0.05) is 6.04 Å². The summed E-state index contributed by atoms with van der Waals surface area (Å²) < 4.78 is 0. The van der Waals surface area contributed by atoms with E-state index in [0.29, 0.717) is 5.92 Å². The Morgan fingerprint density at radius 3 is 2.76 bits per heavy atom. The maximum absolute atomic E-state index is 12.4. The van der Waals surface area contributed by atoms with Gasteiger partial charge in [-0.1, -0.05) is 32.3 Å². The molecule has 2 unspecified atom stereocenters. The summed E-state index contributed by atoms with van der Waals surface area (Å²) in [7, 11) is 0. The third-order valence-electron chi connectivity index (χ3n) is 4.17. The number of para-hydroxylation sites is 1. The van der Waals surface area contributed by atoms with Crippen LogP contribution in [0.1, 0.15) is 49.4 Å². The van der Waals surface area contributed by atoms with Gasteiger partial charge in [0.15, 0.2) is 0 Å². The number of rotatable bonds is 3. The molecule has 1 aromatic rings. The summed E-state index contributed by atoms with van der Waals surface area (Å²) in [6, 6.07) is 4.52. The minimum absolute atomic E-state index is 0.0153.